The predicted octanol–water partition coefficient (Wildman–Crippen LogP) is 4.26. The molecule has 7 heteroatoms. The fourth-order valence-corrected chi connectivity index (χ4v) is 3.51. The fraction of sp³-hybridized carbons (Fsp3) is 0.333. The van der Waals surface area contributed by atoms with Gasteiger partial charge in [0.1, 0.15) is 4.90 Å². The summed E-state index contributed by atoms with van der Waals surface area (Å²) < 4.78 is 30.0. The van der Waals surface area contributed by atoms with Gasteiger partial charge in [0.05, 0.1) is 6.21 Å². The van der Waals surface area contributed by atoms with E-state index < -0.39 is 10.1 Å². The van der Waals surface area contributed by atoms with Gasteiger partial charge < -0.3 is 4.18 Å². The Morgan fingerprint density at radius 3 is 2.43 bits per heavy atom. The Hall–Kier alpha value is -2.67. The van der Waals surface area contributed by atoms with E-state index in [0.29, 0.717) is 12.0 Å². The third kappa shape index (κ3) is 7.15. The molecule has 2 aromatic rings. The van der Waals surface area contributed by atoms with Crippen molar-refractivity contribution in [1.82, 2.24) is 5.43 Å². The van der Waals surface area contributed by atoms with Crippen LogP contribution >= 0.6 is 0 Å². The Bertz CT molecular complexity index is 880. The van der Waals surface area contributed by atoms with Crippen molar-refractivity contribution in [3.8, 4) is 5.75 Å². The minimum absolute atomic E-state index is 0.0677. The summed E-state index contributed by atoms with van der Waals surface area (Å²) in [4.78, 5) is 11.9. The fourth-order valence-electron chi connectivity index (χ4n) is 2.54. The Balaban J connectivity index is 1.95. The number of nitrogens with zero attached hydrogens (tertiary/aromatic N) is 1. The van der Waals surface area contributed by atoms with Gasteiger partial charge in [-0.2, -0.15) is 13.5 Å². The van der Waals surface area contributed by atoms with Crippen LogP contribution in [-0.4, -0.2) is 20.5 Å². The van der Waals surface area contributed by atoms with Gasteiger partial charge in [0, 0.05) is 12.0 Å². The molecule has 28 heavy (non-hydrogen) atoms. The van der Waals surface area contributed by atoms with Crippen LogP contribution in [-0.2, 0) is 14.9 Å². The number of unbranched alkanes of at least 4 members (excludes halogenated alkanes) is 4. The maximum atomic E-state index is 12.4. The number of benzene rings is 2. The summed E-state index contributed by atoms with van der Waals surface area (Å²) in [6.07, 6.45) is 7.13. The van der Waals surface area contributed by atoms with E-state index in [9.17, 15) is 13.2 Å². The number of rotatable bonds is 11. The maximum Gasteiger partial charge on any atom is 0.339 e. The molecule has 0 bridgehead atoms. The average Bonchev–Trinajstić information content (AvgIpc) is 2.69. The van der Waals surface area contributed by atoms with Gasteiger partial charge in [-0.05, 0) is 30.7 Å². The zero-order valence-corrected chi connectivity index (χ0v) is 16.8. The quantitative estimate of drug-likeness (QED) is 0.263. The van der Waals surface area contributed by atoms with Crippen molar-refractivity contribution in [2.75, 3.05) is 0 Å². The van der Waals surface area contributed by atoms with E-state index in [0.717, 1.165) is 25.7 Å². The number of carbonyl (C=O) groups excluding carboxylic acids is 1. The lowest BCUT2D eigenvalue weighted by molar-refractivity contribution is -0.121. The summed E-state index contributed by atoms with van der Waals surface area (Å²) in [5.74, 6) is -0.0213. The minimum atomic E-state index is -3.95. The molecule has 1 amide bonds. The van der Waals surface area contributed by atoms with Crippen molar-refractivity contribution in [2.45, 2.75) is 50.3 Å². The van der Waals surface area contributed by atoms with Crippen LogP contribution in [0.4, 0.5) is 0 Å². The number of amides is 1. The molecule has 0 radical (unpaired) electrons. The second-order valence-corrected chi connectivity index (χ2v) is 7.89. The molecular weight excluding hydrogens is 376 g/mol. The highest BCUT2D eigenvalue weighted by Gasteiger charge is 2.17. The summed E-state index contributed by atoms with van der Waals surface area (Å²) in [6.45, 7) is 2.15. The lowest BCUT2D eigenvalue weighted by atomic mass is 10.1. The zero-order valence-electron chi connectivity index (χ0n) is 16.0. The van der Waals surface area contributed by atoms with E-state index in [2.05, 4.69) is 17.5 Å². The molecule has 0 unspecified atom stereocenters. The van der Waals surface area contributed by atoms with Gasteiger partial charge in [0.15, 0.2) is 5.75 Å². The van der Waals surface area contributed by atoms with Crippen LogP contribution in [0.25, 0.3) is 0 Å². The van der Waals surface area contributed by atoms with Gasteiger partial charge in [-0.25, -0.2) is 5.43 Å². The van der Waals surface area contributed by atoms with Crippen LogP contribution in [0.2, 0.25) is 0 Å². The zero-order chi connectivity index (χ0) is 20.2. The summed E-state index contributed by atoms with van der Waals surface area (Å²) >= 11 is 0. The molecule has 0 fully saturated rings. The Morgan fingerprint density at radius 1 is 1.00 bits per heavy atom. The van der Waals surface area contributed by atoms with Gasteiger partial charge in [0.2, 0.25) is 5.91 Å². The molecule has 2 aromatic carbocycles. The van der Waals surface area contributed by atoms with E-state index in [1.807, 2.05) is 0 Å². The largest absolute Gasteiger partial charge is 0.378 e. The third-order valence-electron chi connectivity index (χ3n) is 4.05. The molecule has 0 atom stereocenters. The Labute approximate surface area is 166 Å². The number of para-hydroxylation sites is 1. The van der Waals surface area contributed by atoms with Crippen LogP contribution in [0.5, 0.6) is 5.75 Å². The molecule has 0 spiro atoms. The summed E-state index contributed by atoms with van der Waals surface area (Å²) in [5.41, 5.74) is 2.92. The van der Waals surface area contributed by atoms with Crippen molar-refractivity contribution < 1.29 is 17.4 Å². The highest BCUT2D eigenvalue weighted by atomic mass is 32.2. The van der Waals surface area contributed by atoms with Gasteiger partial charge in [-0.3, -0.25) is 4.79 Å². The van der Waals surface area contributed by atoms with Gasteiger partial charge in [-0.15, -0.1) is 0 Å². The molecule has 0 aliphatic carbocycles. The normalized spacial score (nSPS) is 11.5. The van der Waals surface area contributed by atoms with Gasteiger partial charge >= 0.3 is 10.1 Å². The van der Waals surface area contributed by atoms with Crippen molar-refractivity contribution >= 4 is 22.2 Å². The highest BCUT2D eigenvalue weighted by molar-refractivity contribution is 7.87. The second-order valence-electron chi connectivity index (χ2n) is 6.35. The van der Waals surface area contributed by atoms with Gasteiger partial charge in [-0.1, -0.05) is 62.9 Å². The number of hydrogen-bond acceptors (Lipinski definition) is 5. The Kier molecular flexibility index (Phi) is 8.68. The second kappa shape index (κ2) is 11.2. The monoisotopic (exact) mass is 402 g/mol. The molecule has 1 N–H and O–H groups in total. The standard InChI is InChI=1S/C21H26N2O4S/c1-2-3-4-5-9-16-21(24)23-22-17-18-12-10-11-15-20(18)27-28(25,26)19-13-7-6-8-14-19/h6-8,10-15,17H,2-5,9,16H2,1H3,(H,23,24). The lowest BCUT2D eigenvalue weighted by Crippen LogP contribution is -2.17. The van der Waals surface area contributed by atoms with E-state index in [4.69, 9.17) is 4.18 Å². The molecule has 0 aliphatic heterocycles. The first-order valence-electron chi connectivity index (χ1n) is 9.43. The average molecular weight is 403 g/mol. The van der Waals surface area contributed by atoms with Crippen LogP contribution in [0, 0.1) is 0 Å². The Morgan fingerprint density at radius 2 is 1.68 bits per heavy atom. The molecule has 0 saturated carbocycles. The minimum Gasteiger partial charge on any atom is -0.378 e. The number of nitrogens with one attached hydrogen (secondary N) is 1. The molecule has 0 aliphatic rings. The number of carbonyl (C=O) groups is 1. The predicted molar refractivity (Wildman–Crippen MR) is 110 cm³/mol. The molecule has 0 heterocycles. The first-order chi connectivity index (χ1) is 13.5. The number of hydrazone groups is 1. The van der Waals surface area contributed by atoms with E-state index >= 15 is 0 Å². The summed E-state index contributed by atoms with van der Waals surface area (Å²) in [6, 6.07) is 14.5. The highest BCUT2D eigenvalue weighted by Crippen LogP contribution is 2.21. The van der Waals surface area contributed by atoms with Crippen molar-refractivity contribution in [3.63, 3.8) is 0 Å². The van der Waals surface area contributed by atoms with Gasteiger partial charge in [0.25, 0.3) is 0 Å². The van der Waals surface area contributed by atoms with E-state index in [-0.39, 0.29) is 16.6 Å². The molecule has 0 aromatic heterocycles. The van der Waals surface area contributed by atoms with Crippen LogP contribution in [0.15, 0.2) is 64.6 Å². The maximum absolute atomic E-state index is 12.4. The molecule has 150 valence electrons. The topological polar surface area (TPSA) is 84.8 Å². The molecule has 6 nitrogen and oxygen atoms in total. The summed E-state index contributed by atoms with van der Waals surface area (Å²) in [7, 11) is -3.95. The van der Waals surface area contributed by atoms with Crippen LogP contribution < -0.4 is 9.61 Å². The van der Waals surface area contributed by atoms with Crippen molar-refractivity contribution in [3.05, 3.63) is 60.2 Å². The van der Waals surface area contributed by atoms with E-state index in [1.165, 1.54) is 30.8 Å². The van der Waals surface area contributed by atoms with Crippen LogP contribution in [0.3, 0.4) is 0 Å². The third-order valence-corrected chi connectivity index (χ3v) is 5.30. The molecule has 0 saturated heterocycles. The smallest absolute Gasteiger partial charge is 0.339 e. The first kappa shape index (κ1) is 21.6. The number of hydrogen-bond donors (Lipinski definition) is 1. The van der Waals surface area contributed by atoms with Crippen molar-refractivity contribution in [1.29, 1.82) is 0 Å². The van der Waals surface area contributed by atoms with Crippen LogP contribution in [0.1, 0.15) is 51.0 Å². The lowest BCUT2D eigenvalue weighted by Gasteiger charge is -2.09. The molecular formula is C21H26N2O4S. The SMILES string of the molecule is CCCCCCCC(=O)NN=Cc1ccccc1OS(=O)(=O)c1ccccc1. The first-order valence-corrected chi connectivity index (χ1v) is 10.8. The molecule has 2 rings (SSSR count). The van der Waals surface area contributed by atoms with E-state index in [1.54, 1.807) is 36.4 Å². The summed E-state index contributed by atoms with van der Waals surface area (Å²) in [5, 5.41) is 3.92. The van der Waals surface area contributed by atoms with Crippen molar-refractivity contribution in [2.24, 2.45) is 5.10 Å².